The number of hydrogen-bond acceptors (Lipinski definition) is 4. The number of nitrogens with zero attached hydrogens (tertiary/aromatic N) is 2. The maximum Gasteiger partial charge on any atom is 0.336 e. The first kappa shape index (κ1) is 13.7. The van der Waals surface area contributed by atoms with Crippen molar-refractivity contribution < 1.29 is 14.7 Å². The summed E-state index contributed by atoms with van der Waals surface area (Å²) >= 11 is 0. The third-order valence-electron chi connectivity index (χ3n) is 2.96. The summed E-state index contributed by atoms with van der Waals surface area (Å²) in [5.41, 5.74) is 2.01. The van der Waals surface area contributed by atoms with Gasteiger partial charge in [-0.3, -0.25) is 9.89 Å². The van der Waals surface area contributed by atoms with E-state index in [4.69, 9.17) is 5.11 Å². The van der Waals surface area contributed by atoms with Crippen molar-refractivity contribution in [2.24, 2.45) is 0 Å². The van der Waals surface area contributed by atoms with Gasteiger partial charge in [0.15, 0.2) is 0 Å². The summed E-state index contributed by atoms with van der Waals surface area (Å²) in [7, 11) is 0. The van der Waals surface area contributed by atoms with Gasteiger partial charge in [0, 0.05) is 5.69 Å². The van der Waals surface area contributed by atoms with Crippen LogP contribution in [0.3, 0.4) is 0 Å². The second-order valence-electron chi connectivity index (χ2n) is 4.47. The highest BCUT2D eigenvalue weighted by molar-refractivity contribution is 6.02. The van der Waals surface area contributed by atoms with E-state index in [1.165, 1.54) is 6.07 Å². The lowest BCUT2D eigenvalue weighted by Crippen LogP contribution is -2.15. The number of H-pyrrole nitrogens is 1. The maximum absolute atomic E-state index is 11.9. The Bertz CT molecular complexity index is 691. The fourth-order valence-electron chi connectivity index (χ4n) is 1.78. The fraction of sp³-hybridized carbons (Fsp3) is 0.231. The van der Waals surface area contributed by atoms with E-state index in [0.717, 1.165) is 5.56 Å². The number of carbonyl (C=O) groups is 2. The maximum atomic E-state index is 11.9. The molecule has 7 heteroatoms. The van der Waals surface area contributed by atoms with Crippen molar-refractivity contribution in [3.05, 3.63) is 40.5 Å². The number of hydrogen-bond donors (Lipinski definition) is 3. The molecule has 20 heavy (non-hydrogen) atoms. The average Bonchev–Trinajstić information content (AvgIpc) is 2.80. The molecular formula is C13H14N4O3. The predicted molar refractivity (Wildman–Crippen MR) is 71.9 cm³/mol. The second kappa shape index (κ2) is 5.12. The number of aromatic carboxylic acids is 1. The lowest BCUT2D eigenvalue weighted by atomic mass is 10.0. The van der Waals surface area contributed by atoms with Gasteiger partial charge in [-0.1, -0.05) is 0 Å². The van der Waals surface area contributed by atoms with Crippen LogP contribution in [0.1, 0.15) is 37.9 Å². The summed E-state index contributed by atoms with van der Waals surface area (Å²) < 4.78 is 0. The molecule has 1 aromatic carbocycles. The molecule has 7 nitrogen and oxygen atoms in total. The first-order valence-electron chi connectivity index (χ1n) is 5.93. The summed E-state index contributed by atoms with van der Waals surface area (Å²) in [6.07, 6.45) is 0. The van der Waals surface area contributed by atoms with E-state index in [1.807, 2.05) is 0 Å². The number of benzene rings is 1. The third-order valence-corrected chi connectivity index (χ3v) is 2.96. The van der Waals surface area contributed by atoms with Gasteiger partial charge in [0.1, 0.15) is 5.82 Å². The fourth-order valence-corrected chi connectivity index (χ4v) is 1.78. The molecule has 0 unspecified atom stereocenters. The molecule has 1 aromatic heterocycles. The lowest BCUT2D eigenvalue weighted by molar-refractivity contribution is 0.0695. The van der Waals surface area contributed by atoms with Crippen molar-refractivity contribution in [1.82, 2.24) is 15.2 Å². The minimum absolute atomic E-state index is 0.0117. The van der Waals surface area contributed by atoms with Crippen molar-refractivity contribution in [3.63, 3.8) is 0 Å². The van der Waals surface area contributed by atoms with Crippen LogP contribution in [0.25, 0.3) is 0 Å². The number of carboxylic acids is 1. The summed E-state index contributed by atoms with van der Waals surface area (Å²) in [6.45, 7) is 5.19. The molecule has 104 valence electrons. The van der Waals surface area contributed by atoms with Crippen LogP contribution in [0.5, 0.6) is 0 Å². The molecule has 0 spiro atoms. The van der Waals surface area contributed by atoms with Crippen LogP contribution in [0, 0.1) is 20.8 Å². The van der Waals surface area contributed by atoms with Gasteiger partial charge in [0.05, 0.1) is 5.56 Å². The van der Waals surface area contributed by atoms with E-state index in [-0.39, 0.29) is 11.4 Å². The van der Waals surface area contributed by atoms with Gasteiger partial charge in [0.2, 0.25) is 5.82 Å². The Morgan fingerprint density at radius 2 is 1.95 bits per heavy atom. The molecule has 0 bridgehead atoms. The van der Waals surface area contributed by atoms with Gasteiger partial charge in [-0.15, -0.1) is 5.10 Å². The van der Waals surface area contributed by atoms with E-state index < -0.39 is 11.9 Å². The Morgan fingerprint density at radius 1 is 1.25 bits per heavy atom. The molecule has 0 aliphatic rings. The SMILES string of the molecule is Cc1nc(C(=O)Nc2cc(C)c(C)c(C(=O)O)c2)n[nH]1. The summed E-state index contributed by atoms with van der Waals surface area (Å²) in [5.74, 6) is -0.983. The average molecular weight is 274 g/mol. The largest absolute Gasteiger partial charge is 0.478 e. The van der Waals surface area contributed by atoms with Crippen molar-refractivity contribution in [1.29, 1.82) is 0 Å². The minimum Gasteiger partial charge on any atom is -0.478 e. The van der Waals surface area contributed by atoms with Gasteiger partial charge in [-0.05, 0) is 44.0 Å². The van der Waals surface area contributed by atoms with Crippen LogP contribution in [0.4, 0.5) is 5.69 Å². The van der Waals surface area contributed by atoms with Crippen molar-refractivity contribution in [3.8, 4) is 0 Å². The zero-order chi connectivity index (χ0) is 14.9. The molecule has 0 aliphatic carbocycles. The molecule has 2 aromatic rings. The number of aryl methyl sites for hydroxylation is 2. The highest BCUT2D eigenvalue weighted by atomic mass is 16.4. The zero-order valence-electron chi connectivity index (χ0n) is 11.3. The zero-order valence-corrected chi connectivity index (χ0v) is 11.3. The quantitative estimate of drug-likeness (QED) is 0.789. The number of nitrogens with one attached hydrogen (secondary N) is 2. The predicted octanol–water partition coefficient (Wildman–Crippen LogP) is 1.68. The second-order valence-corrected chi connectivity index (χ2v) is 4.47. The Hall–Kier alpha value is -2.70. The van der Waals surface area contributed by atoms with Crippen molar-refractivity contribution >= 4 is 17.6 Å². The van der Waals surface area contributed by atoms with Gasteiger partial charge in [0.25, 0.3) is 5.91 Å². The lowest BCUT2D eigenvalue weighted by Gasteiger charge is -2.09. The smallest absolute Gasteiger partial charge is 0.336 e. The normalized spacial score (nSPS) is 10.3. The number of rotatable bonds is 3. The molecule has 1 amide bonds. The third kappa shape index (κ3) is 2.66. The topological polar surface area (TPSA) is 108 Å². The monoisotopic (exact) mass is 274 g/mol. The Morgan fingerprint density at radius 3 is 2.50 bits per heavy atom. The van der Waals surface area contributed by atoms with Gasteiger partial charge in [-0.25, -0.2) is 9.78 Å². The summed E-state index contributed by atoms with van der Waals surface area (Å²) in [4.78, 5) is 27.0. The van der Waals surface area contributed by atoms with Crippen LogP contribution in [0.15, 0.2) is 12.1 Å². The molecular weight excluding hydrogens is 260 g/mol. The molecule has 0 atom stereocenters. The van der Waals surface area contributed by atoms with E-state index in [1.54, 1.807) is 26.8 Å². The molecule has 1 heterocycles. The molecule has 3 N–H and O–H groups in total. The first-order chi connectivity index (χ1) is 9.38. The number of anilines is 1. The van der Waals surface area contributed by atoms with Gasteiger partial charge < -0.3 is 10.4 Å². The molecule has 0 aliphatic heterocycles. The van der Waals surface area contributed by atoms with Gasteiger partial charge in [-0.2, -0.15) is 0 Å². The molecule has 0 radical (unpaired) electrons. The summed E-state index contributed by atoms with van der Waals surface area (Å²) in [5, 5.41) is 18.0. The van der Waals surface area contributed by atoms with E-state index in [2.05, 4.69) is 20.5 Å². The van der Waals surface area contributed by atoms with Crippen LogP contribution in [-0.4, -0.2) is 32.2 Å². The highest BCUT2D eigenvalue weighted by Gasteiger charge is 2.15. The minimum atomic E-state index is -1.03. The highest BCUT2D eigenvalue weighted by Crippen LogP contribution is 2.20. The Kier molecular flexibility index (Phi) is 3.51. The standard InChI is InChI=1S/C13H14N4O3/c1-6-4-9(5-10(7(6)2)13(19)20)15-12(18)11-14-8(3)16-17-11/h4-5H,1-3H3,(H,15,18)(H,19,20)(H,14,16,17). The first-order valence-corrected chi connectivity index (χ1v) is 5.93. The molecule has 0 fully saturated rings. The van der Waals surface area contributed by atoms with E-state index in [9.17, 15) is 9.59 Å². The van der Waals surface area contributed by atoms with E-state index >= 15 is 0 Å². The van der Waals surface area contributed by atoms with E-state index in [0.29, 0.717) is 17.1 Å². The number of aromatic amines is 1. The van der Waals surface area contributed by atoms with Crippen LogP contribution < -0.4 is 5.32 Å². The molecule has 0 saturated heterocycles. The van der Waals surface area contributed by atoms with Crippen LogP contribution in [-0.2, 0) is 0 Å². The van der Waals surface area contributed by atoms with Gasteiger partial charge >= 0.3 is 5.97 Å². The Labute approximate surface area is 115 Å². The van der Waals surface area contributed by atoms with Crippen molar-refractivity contribution in [2.75, 3.05) is 5.32 Å². The molecule has 0 saturated carbocycles. The number of aromatic nitrogens is 3. The number of carboxylic acid groups (broad SMARTS) is 1. The Balaban J connectivity index is 2.30. The van der Waals surface area contributed by atoms with Crippen LogP contribution in [0.2, 0.25) is 0 Å². The summed E-state index contributed by atoms with van der Waals surface area (Å²) in [6, 6.07) is 3.13. The molecule has 2 rings (SSSR count). The van der Waals surface area contributed by atoms with Crippen LogP contribution >= 0.6 is 0 Å². The van der Waals surface area contributed by atoms with Crippen molar-refractivity contribution in [2.45, 2.75) is 20.8 Å². The number of carbonyl (C=O) groups excluding carboxylic acids is 1. The number of amides is 1.